The quantitative estimate of drug-likeness (QED) is 0.348. The van der Waals surface area contributed by atoms with Gasteiger partial charge >= 0.3 is 85.3 Å². The molecule has 74 valence electrons. The summed E-state index contributed by atoms with van der Waals surface area (Å²) in [6.45, 7) is 0. The molecule has 0 saturated carbocycles. The van der Waals surface area contributed by atoms with Crippen molar-refractivity contribution in [3.63, 3.8) is 0 Å². The Balaban J connectivity index is -0.000000333. The van der Waals surface area contributed by atoms with Crippen molar-refractivity contribution in [2.24, 2.45) is 0 Å². The molecule has 0 atom stereocenters. The second kappa shape index (κ2) is 10.4. The first-order valence-electron chi connectivity index (χ1n) is 3.08. The third-order valence-corrected chi connectivity index (χ3v) is 5.19. The van der Waals surface area contributed by atoms with E-state index in [1.807, 2.05) is 0 Å². The SMILES string of the molecule is ClC(Cl)[SiH2]C1=[C]([Ti+3])C=CC1.[Cl-].[Cl-].[Cl-]. The average Bonchev–Trinajstić information content (AvgIpc) is 2.15. The molecule has 1 rings (SSSR count). The normalized spacial score (nSPS) is 14.5. The summed E-state index contributed by atoms with van der Waals surface area (Å²) >= 11 is 13.5. The van der Waals surface area contributed by atoms with Crippen LogP contribution in [-0.4, -0.2) is 14.0 Å². The molecule has 13 heavy (non-hydrogen) atoms. The number of halogens is 5. The van der Waals surface area contributed by atoms with Crippen LogP contribution in [0, 0.1) is 0 Å². The van der Waals surface area contributed by atoms with Crippen LogP contribution in [0.1, 0.15) is 6.42 Å². The molecule has 0 spiro atoms. The van der Waals surface area contributed by atoms with Crippen molar-refractivity contribution < 1.29 is 57.7 Å². The van der Waals surface area contributed by atoms with Crippen LogP contribution in [-0.2, 0) is 20.4 Å². The monoisotopic (exact) mass is 330 g/mol. The largest absolute Gasteiger partial charge is 1.00 e. The first-order chi connectivity index (χ1) is 4.70. The first-order valence-corrected chi connectivity index (χ1v) is 6.26. The van der Waals surface area contributed by atoms with Gasteiger partial charge in [0.2, 0.25) is 0 Å². The molecule has 0 unspecified atom stereocenters. The zero-order valence-corrected chi connectivity index (χ0v) is 13.3. The van der Waals surface area contributed by atoms with Crippen LogP contribution in [0.5, 0.6) is 0 Å². The molecule has 0 radical (unpaired) electrons. The Hall–Kier alpha value is 1.86. The fourth-order valence-corrected chi connectivity index (χ4v) is 3.91. The van der Waals surface area contributed by atoms with Crippen LogP contribution in [0.25, 0.3) is 0 Å². The molecule has 0 aromatic rings. The van der Waals surface area contributed by atoms with Crippen molar-refractivity contribution in [3.05, 3.63) is 21.2 Å². The van der Waals surface area contributed by atoms with Gasteiger partial charge in [0.1, 0.15) is 0 Å². The second-order valence-electron chi connectivity index (χ2n) is 2.22. The van der Waals surface area contributed by atoms with Crippen LogP contribution in [0.2, 0.25) is 0 Å². The minimum Gasteiger partial charge on any atom is -1.00 e. The van der Waals surface area contributed by atoms with Crippen LogP contribution in [0.15, 0.2) is 21.2 Å². The predicted octanol–water partition coefficient (Wildman–Crippen LogP) is -7.35. The third-order valence-electron chi connectivity index (χ3n) is 1.43. The summed E-state index contributed by atoms with van der Waals surface area (Å²) < 4.78 is 1.28. The Bertz CT molecular complexity index is 191. The Morgan fingerprint density at radius 2 is 1.85 bits per heavy atom. The minimum atomic E-state index is -0.377. The standard InChI is InChI=1S/C6H7Cl2Si.3ClH.Ti/c7-6(8)9-5-3-1-2-4-5;;;;/h1-2,6H,3,9H2;3*1H;/q;;;;+3/p-3. The molecule has 1 aliphatic carbocycles. The third kappa shape index (κ3) is 7.75. The van der Waals surface area contributed by atoms with E-state index in [0.717, 1.165) is 6.42 Å². The van der Waals surface area contributed by atoms with E-state index in [2.05, 4.69) is 32.6 Å². The molecular formula is C6H7Cl5SiTi. The molecule has 1 aliphatic rings. The van der Waals surface area contributed by atoms with Gasteiger partial charge in [0, 0.05) is 0 Å². The summed E-state index contributed by atoms with van der Waals surface area (Å²) in [4.78, 5) is 0. The van der Waals surface area contributed by atoms with Crippen LogP contribution < -0.4 is 37.2 Å². The van der Waals surface area contributed by atoms with Gasteiger partial charge in [-0.2, -0.15) is 0 Å². The summed E-state index contributed by atoms with van der Waals surface area (Å²) in [7, 11) is -0.377. The van der Waals surface area contributed by atoms with E-state index in [4.69, 9.17) is 23.2 Å². The van der Waals surface area contributed by atoms with Gasteiger partial charge in [0.25, 0.3) is 0 Å². The Morgan fingerprint density at radius 3 is 2.15 bits per heavy atom. The van der Waals surface area contributed by atoms with Crippen molar-refractivity contribution in [3.8, 4) is 0 Å². The smallest absolute Gasteiger partial charge is 1.00 e. The van der Waals surface area contributed by atoms with Gasteiger partial charge in [0.15, 0.2) is 0 Å². The number of hydrogen-bond donors (Lipinski definition) is 0. The van der Waals surface area contributed by atoms with E-state index in [9.17, 15) is 0 Å². The zero-order chi connectivity index (χ0) is 7.56. The van der Waals surface area contributed by atoms with Gasteiger partial charge in [-0.15, -0.1) is 0 Å². The zero-order valence-electron chi connectivity index (χ0n) is 6.54. The van der Waals surface area contributed by atoms with Gasteiger partial charge < -0.3 is 37.2 Å². The summed E-state index contributed by atoms with van der Waals surface area (Å²) in [5.41, 5.74) is 0. The van der Waals surface area contributed by atoms with Crippen LogP contribution in [0.4, 0.5) is 0 Å². The topological polar surface area (TPSA) is 0 Å². The molecule has 0 nitrogen and oxygen atoms in total. The van der Waals surface area contributed by atoms with Crippen LogP contribution >= 0.6 is 23.2 Å². The van der Waals surface area contributed by atoms with Crippen molar-refractivity contribution >= 4 is 32.7 Å². The second-order valence-corrected chi connectivity index (χ2v) is 7.45. The predicted molar refractivity (Wildman–Crippen MR) is 44.8 cm³/mol. The maximum absolute atomic E-state index is 5.69. The maximum Gasteiger partial charge on any atom is -1.00 e. The Morgan fingerprint density at radius 1 is 1.31 bits per heavy atom. The molecule has 0 heterocycles. The summed E-state index contributed by atoms with van der Waals surface area (Å²) in [6, 6.07) is 0. The molecule has 0 bridgehead atoms. The molecule has 0 aliphatic heterocycles. The van der Waals surface area contributed by atoms with E-state index in [1.54, 1.807) is 0 Å². The van der Waals surface area contributed by atoms with Gasteiger partial charge in [-0.25, -0.2) is 0 Å². The average molecular weight is 332 g/mol. The van der Waals surface area contributed by atoms with Gasteiger partial charge in [-0.3, -0.25) is 0 Å². The molecular weight excluding hydrogens is 325 g/mol. The van der Waals surface area contributed by atoms with Crippen molar-refractivity contribution in [1.29, 1.82) is 0 Å². The molecule has 0 saturated heterocycles. The fourth-order valence-electron chi connectivity index (χ4n) is 0.926. The number of hydrogen-bond acceptors (Lipinski definition) is 0. The first kappa shape index (κ1) is 20.3. The number of alkyl halides is 2. The Kier molecular flexibility index (Phi) is 16.2. The van der Waals surface area contributed by atoms with E-state index < -0.39 is 0 Å². The van der Waals surface area contributed by atoms with Crippen LogP contribution in [0.3, 0.4) is 0 Å². The summed E-state index contributed by atoms with van der Waals surface area (Å²) in [6.07, 6.45) is 5.42. The fraction of sp³-hybridized carbons (Fsp3) is 0.333. The van der Waals surface area contributed by atoms with E-state index in [1.165, 1.54) is 9.07 Å². The van der Waals surface area contributed by atoms with Gasteiger partial charge in [-0.05, 0) is 0 Å². The minimum absolute atomic E-state index is 0. The molecule has 0 N–H and O–H groups in total. The molecule has 0 aromatic carbocycles. The molecule has 0 fully saturated rings. The molecule has 0 aromatic heterocycles. The van der Waals surface area contributed by atoms with Gasteiger partial charge in [-0.1, -0.05) is 0 Å². The Labute approximate surface area is 121 Å². The maximum atomic E-state index is 5.69. The number of rotatable bonds is 2. The number of allylic oxidation sites excluding steroid dienone is 4. The van der Waals surface area contributed by atoms with Crippen molar-refractivity contribution in [2.75, 3.05) is 0 Å². The summed E-state index contributed by atoms with van der Waals surface area (Å²) in [5.74, 6) is 0. The summed E-state index contributed by atoms with van der Waals surface area (Å²) in [5, 5.41) is 1.51. The molecule has 0 amide bonds. The van der Waals surface area contributed by atoms with E-state index in [0.29, 0.717) is 0 Å². The molecule has 7 heteroatoms. The van der Waals surface area contributed by atoms with E-state index in [-0.39, 0.29) is 51.2 Å². The van der Waals surface area contributed by atoms with Crippen molar-refractivity contribution in [1.82, 2.24) is 0 Å². The van der Waals surface area contributed by atoms with Gasteiger partial charge in [0.05, 0.1) is 0 Å². The van der Waals surface area contributed by atoms with Crippen molar-refractivity contribution in [2.45, 2.75) is 10.9 Å². The van der Waals surface area contributed by atoms with E-state index >= 15 is 0 Å².